The summed E-state index contributed by atoms with van der Waals surface area (Å²) in [7, 11) is 0. The van der Waals surface area contributed by atoms with Crippen molar-refractivity contribution in [3.63, 3.8) is 0 Å². The van der Waals surface area contributed by atoms with E-state index >= 15 is 0 Å². The molecule has 1 aliphatic rings. The van der Waals surface area contributed by atoms with Crippen LogP contribution in [0, 0.1) is 5.92 Å². The maximum Gasteiger partial charge on any atom is 0.416 e. The lowest BCUT2D eigenvalue weighted by Gasteiger charge is -2.13. The highest BCUT2D eigenvalue weighted by Crippen LogP contribution is 2.43. The molecular weight excluding hydrogens is 235 g/mol. The van der Waals surface area contributed by atoms with Crippen LogP contribution < -0.4 is 0 Å². The maximum atomic E-state index is 12.5. The van der Waals surface area contributed by atoms with Crippen LogP contribution in [0.2, 0.25) is 0 Å². The molecule has 92 valence electrons. The van der Waals surface area contributed by atoms with E-state index in [4.69, 9.17) is 5.11 Å². The minimum Gasteiger partial charge on any atom is -0.481 e. The maximum absolute atomic E-state index is 12.5. The summed E-state index contributed by atoms with van der Waals surface area (Å²) in [6.45, 7) is 0. The SMILES string of the molecule is O=C(O)C(c1cc(C(F)(F)F)ccn1)C1CC1. The van der Waals surface area contributed by atoms with Crippen molar-refractivity contribution in [1.82, 2.24) is 4.98 Å². The van der Waals surface area contributed by atoms with Crippen molar-refractivity contribution in [2.45, 2.75) is 24.9 Å². The zero-order valence-corrected chi connectivity index (χ0v) is 8.74. The van der Waals surface area contributed by atoms with Crippen LogP contribution in [-0.4, -0.2) is 16.1 Å². The van der Waals surface area contributed by atoms with Crippen LogP contribution in [-0.2, 0) is 11.0 Å². The van der Waals surface area contributed by atoms with Crippen LogP contribution in [0.15, 0.2) is 18.3 Å². The van der Waals surface area contributed by atoms with E-state index in [2.05, 4.69) is 4.98 Å². The van der Waals surface area contributed by atoms with Crippen molar-refractivity contribution in [1.29, 1.82) is 0 Å². The topological polar surface area (TPSA) is 50.2 Å². The zero-order chi connectivity index (χ0) is 12.6. The Morgan fingerprint density at radius 3 is 2.59 bits per heavy atom. The van der Waals surface area contributed by atoms with E-state index in [0.717, 1.165) is 31.2 Å². The fraction of sp³-hybridized carbons (Fsp3) is 0.455. The summed E-state index contributed by atoms with van der Waals surface area (Å²) in [4.78, 5) is 14.8. The van der Waals surface area contributed by atoms with Gasteiger partial charge in [-0.1, -0.05) is 0 Å². The van der Waals surface area contributed by atoms with Crippen molar-refractivity contribution in [2.75, 3.05) is 0 Å². The van der Waals surface area contributed by atoms with E-state index in [9.17, 15) is 18.0 Å². The number of rotatable bonds is 3. The Morgan fingerprint density at radius 2 is 2.12 bits per heavy atom. The second kappa shape index (κ2) is 4.01. The first-order valence-electron chi connectivity index (χ1n) is 5.15. The Hall–Kier alpha value is -1.59. The molecule has 0 bridgehead atoms. The van der Waals surface area contributed by atoms with Gasteiger partial charge in [0, 0.05) is 6.20 Å². The van der Waals surface area contributed by atoms with Gasteiger partial charge in [-0.05, 0) is 30.9 Å². The molecule has 0 amide bonds. The lowest BCUT2D eigenvalue weighted by molar-refractivity contribution is -0.140. The molecule has 1 aromatic rings. The molecule has 1 atom stereocenters. The van der Waals surface area contributed by atoms with Crippen LogP contribution in [0.3, 0.4) is 0 Å². The summed E-state index contributed by atoms with van der Waals surface area (Å²) in [5, 5.41) is 9.01. The third-order valence-corrected chi connectivity index (χ3v) is 2.79. The normalized spacial score (nSPS) is 17.8. The molecule has 1 unspecified atom stereocenters. The third-order valence-electron chi connectivity index (χ3n) is 2.79. The van der Waals surface area contributed by atoms with Crippen molar-refractivity contribution in [2.24, 2.45) is 5.92 Å². The van der Waals surface area contributed by atoms with E-state index in [1.165, 1.54) is 0 Å². The second-order valence-electron chi connectivity index (χ2n) is 4.12. The van der Waals surface area contributed by atoms with Crippen molar-refractivity contribution in [3.05, 3.63) is 29.6 Å². The Labute approximate surface area is 95.3 Å². The Morgan fingerprint density at radius 1 is 1.47 bits per heavy atom. The molecule has 1 heterocycles. The van der Waals surface area contributed by atoms with E-state index in [0.29, 0.717) is 0 Å². The predicted octanol–water partition coefficient (Wildman–Crippen LogP) is 2.68. The minimum atomic E-state index is -4.47. The number of aliphatic carboxylic acids is 1. The molecule has 1 N–H and O–H groups in total. The highest BCUT2D eigenvalue weighted by Gasteiger charge is 2.39. The molecular formula is C11H10F3NO2. The Bertz CT molecular complexity index is 441. The number of pyridine rings is 1. The Balaban J connectivity index is 2.34. The van der Waals surface area contributed by atoms with Crippen molar-refractivity contribution in [3.8, 4) is 0 Å². The van der Waals surface area contributed by atoms with Crippen LogP contribution in [0.25, 0.3) is 0 Å². The van der Waals surface area contributed by atoms with Gasteiger partial charge in [0.2, 0.25) is 0 Å². The first-order valence-corrected chi connectivity index (χ1v) is 5.15. The Kier molecular flexibility index (Phi) is 2.81. The number of carbonyl (C=O) groups is 1. The highest BCUT2D eigenvalue weighted by molar-refractivity contribution is 5.76. The molecule has 1 aromatic heterocycles. The summed E-state index contributed by atoms with van der Waals surface area (Å²) in [5.74, 6) is -2.11. The standard InChI is InChI=1S/C11H10F3NO2/c12-11(13,14)7-3-4-15-8(5-7)9(10(16)17)6-1-2-6/h3-6,9H,1-2H2,(H,16,17). The summed E-state index contributed by atoms with van der Waals surface area (Å²) in [6, 6.07) is 1.67. The molecule has 0 saturated heterocycles. The van der Waals surface area contributed by atoms with Gasteiger partial charge in [0.1, 0.15) is 5.92 Å². The lowest BCUT2D eigenvalue weighted by atomic mass is 9.98. The summed E-state index contributed by atoms with van der Waals surface area (Å²) >= 11 is 0. The molecule has 1 fully saturated rings. The first kappa shape index (κ1) is 11.9. The molecule has 0 aromatic carbocycles. The lowest BCUT2D eigenvalue weighted by Crippen LogP contribution is -2.16. The molecule has 1 aliphatic carbocycles. The predicted molar refractivity (Wildman–Crippen MR) is 52.3 cm³/mol. The van der Waals surface area contributed by atoms with Crippen LogP contribution in [0.5, 0.6) is 0 Å². The van der Waals surface area contributed by atoms with E-state index in [1.54, 1.807) is 0 Å². The van der Waals surface area contributed by atoms with Gasteiger partial charge in [-0.15, -0.1) is 0 Å². The van der Waals surface area contributed by atoms with Gasteiger partial charge < -0.3 is 5.11 Å². The summed E-state index contributed by atoms with van der Waals surface area (Å²) in [5.41, 5.74) is -0.857. The van der Waals surface area contributed by atoms with Crippen LogP contribution in [0.1, 0.15) is 30.0 Å². The monoisotopic (exact) mass is 245 g/mol. The van der Waals surface area contributed by atoms with Crippen LogP contribution in [0.4, 0.5) is 13.2 Å². The third kappa shape index (κ3) is 2.57. The van der Waals surface area contributed by atoms with Crippen molar-refractivity contribution < 1.29 is 23.1 Å². The molecule has 1 saturated carbocycles. The van der Waals surface area contributed by atoms with Gasteiger partial charge in [-0.2, -0.15) is 13.2 Å². The molecule has 6 heteroatoms. The summed E-state index contributed by atoms with van der Waals surface area (Å²) < 4.78 is 37.4. The molecule has 3 nitrogen and oxygen atoms in total. The molecule has 17 heavy (non-hydrogen) atoms. The average Bonchev–Trinajstić information content (AvgIpc) is 3.01. The number of aromatic nitrogens is 1. The van der Waals surface area contributed by atoms with Gasteiger partial charge in [-0.3, -0.25) is 9.78 Å². The van der Waals surface area contributed by atoms with Crippen LogP contribution >= 0.6 is 0 Å². The number of carboxylic acids is 1. The number of halogens is 3. The number of hydrogen-bond acceptors (Lipinski definition) is 2. The van der Waals surface area contributed by atoms with E-state index in [-0.39, 0.29) is 11.6 Å². The summed E-state index contributed by atoms with van der Waals surface area (Å²) in [6.07, 6.45) is -2.00. The van der Waals surface area contributed by atoms with Gasteiger partial charge in [-0.25, -0.2) is 0 Å². The molecule has 2 rings (SSSR count). The molecule has 0 spiro atoms. The van der Waals surface area contributed by atoms with Gasteiger partial charge in [0.25, 0.3) is 0 Å². The number of alkyl halides is 3. The number of carboxylic acid groups (broad SMARTS) is 1. The smallest absolute Gasteiger partial charge is 0.416 e. The zero-order valence-electron chi connectivity index (χ0n) is 8.74. The average molecular weight is 245 g/mol. The second-order valence-corrected chi connectivity index (χ2v) is 4.12. The van der Waals surface area contributed by atoms with E-state index in [1.807, 2.05) is 0 Å². The molecule has 0 aliphatic heterocycles. The minimum absolute atomic E-state index is 0.00479. The first-order chi connectivity index (χ1) is 7.89. The number of hydrogen-bond donors (Lipinski definition) is 1. The van der Waals surface area contributed by atoms with Gasteiger partial charge >= 0.3 is 12.1 Å². The number of nitrogens with zero attached hydrogens (tertiary/aromatic N) is 1. The highest BCUT2D eigenvalue weighted by atomic mass is 19.4. The quantitative estimate of drug-likeness (QED) is 0.890. The van der Waals surface area contributed by atoms with Crippen molar-refractivity contribution >= 4 is 5.97 Å². The molecule has 0 radical (unpaired) electrons. The largest absolute Gasteiger partial charge is 0.481 e. The van der Waals surface area contributed by atoms with Gasteiger partial charge in [0.05, 0.1) is 11.3 Å². The fourth-order valence-electron chi connectivity index (χ4n) is 1.79. The van der Waals surface area contributed by atoms with E-state index < -0.39 is 23.6 Å². The van der Waals surface area contributed by atoms with Gasteiger partial charge in [0.15, 0.2) is 0 Å². The fourth-order valence-corrected chi connectivity index (χ4v) is 1.79.